The smallest absolute Gasteiger partial charge is 0.253 e. The molecule has 1 aliphatic heterocycles. The molecular formula is C21H26Cl2N4O. The van der Waals surface area contributed by atoms with Crippen molar-refractivity contribution in [1.29, 1.82) is 0 Å². The second-order valence-electron chi connectivity index (χ2n) is 7.31. The highest BCUT2D eigenvalue weighted by Crippen LogP contribution is 2.31. The molecule has 2 aromatic rings. The molecule has 0 aliphatic carbocycles. The van der Waals surface area contributed by atoms with E-state index >= 15 is 0 Å². The van der Waals surface area contributed by atoms with E-state index in [4.69, 9.17) is 23.2 Å². The Bertz CT molecular complexity index is 831. The minimum Gasteiger partial charge on any atom is -0.381 e. The van der Waals surface area contributed by atoms with Crippen LogP contribution < -0.4 is 10.2 Å². The summed E-state index contributed by atoms with van der Waals surface area (Å²) in [6.45, 7) is 3.95. The molecule has 1 heterocycles. The van der Waals surface area contributed by atoms with Crippen LogP contribution in [0.3, 0.4) is 0 Å². The zero-order valence-electron chi connectivity index (χ0n) is 16.5. The van der Waals surface area contributed by atoms with Crippen molar-refractivity contribution in [3.63, 3.8) is 0 Å². The van der Waals surface area contributed by atoms with Crippen molar-refractivity contribution in [1.82, 2.24) is 9.80 Å². The number of hydrogen-bond acceptors (Lipinski definition) is 4. The van der Waals surface area contributed by atoms with Gasteiger partial charge in [0.2, 0.25) is 0 Å². The Hall–Kier alpha value is -1.95. The lowest BCUT2D eigenvalue weighted by molar-refractivity contribution is 0.0664. The molecule has 0 bridgehead atoms. The van der Waals surface area contributed by atoms with Gasteiger partial charge in [-0.15, -0.1) is 0 Å². The van der Waals surface area contributed by atoms with Crippen LogP contribution in [0.1, 0.15) is 15.9 Å². The molecule has 1 amide bonds. The predicted molar refractivity (Wildman–Crippen MR) is 118 cm³/mol. The fraction of sp³-hybridized carbons (Fsp3) is 0.381. The van der Waals surface area contributed by atoms with Gasteiger partial charge >= 0.3 is 0 Å². The number of rotatable bonds is 5. The van der Waals surface area contributed by atoms with Crippen LogP contribution in [-0.4, -0.2) is 63.0 Å². The van der Waals surface area contributed by atoms with Crippen molar-refractivity contribution >= 4 is 40.5 Å². The van der Waals surface area contributed by atoms with Crippen LogP contribution in [0.2, 0.25) is 10.0 Å². The highest BCUT2D eigenvalue weighted by molar-refractivity contribution is 6.35. The predicted octanol–water partition coefficient (Wildman–Crippen LogP) is 4.06. The van der Waals surface area contributed by atoms with Gasteiger partial charge in [-0.1, -0.05) is 23.2 Å². The van der Waals surface area contributed by atoms with Crippen molar-refractivity contribution in [2.24, 2.45) is 0 Å². The molecule has 1 fully saturated rings. The van der Waals surface area contributed by atoms with Crippen LogP contribution in [-0.2, 0) is 6.54 Å². The van der Waals surface area contributed by atoms with Gasteiger partial charge < -0.3 is 20.0 Å². The number of nitrogens with one attached hydrogen (secondary N) is 1. The maximum atomic E-state index is 12.6. The second-order valence-corrected chi connectivity index (χ2v) is 8.15. The molecule has 0 unspecified atom stereocenters. The topological polar surface area (TPSA) is 38.8 Å². The van der Waals surface area contributed by atoms with Gasteiger partial charge in [0, 0.05) is 79.4 Å². The summed E-state index contributed by atoms with van der Waals surface area (Å²) in [5.41, 5.74) is 3.61. The molecule has 28 heavy (non-hydrogen) atoms. The highest BCUT2D eigenvalue weighted by atomic mass is 35.5. The number of likely N-dealkylation sites (N-methyl/N-ethyl adjacent to an activating group) is 1. The van der Waals surface area contributed by atoms with Gasteiger partial charge in [0.05, 0.1) is 0 Å². The molecule has 5 nitrogen and oxygen atoms in total. The largest absolute Gasteiger partial charge is 0.381 e. The molecule has 1 N–H and O–H groups in total. The lowest BCUT2D eigenvalue weighted by atomic mass is 10.1. The first-order valence-electron chi connectivity index (χ1n) is 9.32. The summed E-state index contributed by atoms with van der Waals surface area (Å²) in [4.78, 5) is 18.8. The molecule has 150 valence electrons. The summed E-state index contributed by atoms with van der Waals surface area (Å²) in [5, 5.41) is 4.63. The summed E-state index contributed by atoms with van der Waals surface area (Å²) in [6.07, 6.45) is 0. The van der Waals surface area contributed by atoms with E-state index < -0.39 is 0 Å². The molecule has 1 aliphatic rings. The van der Waals surface area contributed by atoms with E-state index in [1.54, 1.807) is 6.07 Å². The van der Waals surface area contributed by atoms with Gasteiger partial charge in [0.25, 0.3) is 5.91 Å². The van der Waals surface area contributed by atoms with E-state index in [2.05, 4.69) is 17.3 Å². The van der Waals surface area contributed by atoms with E-state index in [1.165, 1.54) is 0 Å². The first kappa shape index (κ1) is 20.8. The normalized spacial score (nSPS) is 14.8. The number of hydrogen-bond donors (Lipinski definition) is 1. The Balaban J connectivity index is 1.66. The second kappa shape index (κ2) is 9.03. The minimum absolute atomic E-state index is 0.0929. The number of nitrogens with zero attached hydrogens (tertiary/aromatic N) is 3. The van der Waals surface area contributed by atoms with Crippen LogP contribution in [0.25, 0.3) is 0 Å². The van der Waals surface area contributed by atoms with Crippen LogP contribution >= 0.6 is 23.2 Å². The van der Waals surface area contributed by atoms with Gasteiger partial charge in [-0.3, -0.25) is 4.79 Å². The number of carbonyl (C=O) groups excluding carboxylic acids is 1. The van der Waals surface area contributed by atoms with Crippen LogP contribution in [0.4, 0.5) is 11.4 Å². The molecular weight excluding hydrogens is 395 g/mol. The SMILES string of the molecule is CN1CCN(C(=O)c2ccc(NCc3c(Cl)cc(Cl)cc3N(C)C)cc2)CC1. The van der Waals surface area contributed by atoms with E-state index in [0.717, 1.165) is 43.1 Å². The Morgan fingerprint density at radius 3 is 2.32 bits per heavy atom. The summed E-state index contributed by atoms with van der Waals surface area (Å²) < 4.78 is 0. The van der Waals surface area contributed by atoms with Crippen LogP contribution in [0.15, 0.2) is 36.4 Å². The molecule has 0 radical (unpaired) electrons. The van der Waals surface area contributed by atoms with Gasteiger partial charge in [-0.2, -0.15) is 0 Å². The van der Waals surface area contributed by atoms with Gasteiger partial charge in [-0.05, 0) is 43.4 Å². The van der Waals surface area contributed by atoms with Crippen molar-refractivity contribution in [2.75, 3.05) is 57.5 Å². The summed E-state index contributed by atoms with van der Waals surface area (Å²) in [6, 6.07) is 11.3. The van der Waals surface area contributed by atoms with Gasteiger partial charge in [0.1, 0.15) is 0 Å². The molecule has 0 spiro atoms. The molecule has 0 saturated carbocycles. The van der Waals surface area contributed by atoms with Crippen molar-refractivity contribution in [2.45, 2.75) is 6.54 Å². The maximum Gasteiger partial charge on any atom is 0.253 e. The quantitative estimate of drug-likeness (QED) is 0.791. The zero-order chi connectivity index (χ0) is 20.3. The minimum atomic E-state index is 0.0929. The lowest BCUT2D eigenvalue weighted by Gasteiger charge is -2.32. The number of piperazine rings is 1. The number of benzene rings is 2. The highest BCUT2D eigenvalue weighted by Gasteiger charge is 2.20. The molecule has 3 rings (SSSR count). The third kappa shape index (κ3) is 4.90. The zero-order valence-corrected chi connectivity index (χ0v) is 18.0. The number of halogens is 2. The van der Waals surface area contributed by atoms with Crippen molar-refractivity contribution in [3.8, 4) is 0 Å². The van der Waals surface area contributed by atoms with Crippen LogP contribution in [0, 0.1) is 0 Å². The van der Waals surface area contributed by atoms with Crippen molar-refractivity contribution in [3.05, 3.63) is 57.6 Å². The molecule has 2 aromatic carbocycles. The Labute approximate surface area is 176 Å². The first-order chi connectivity index (χ1) is 13.3. The van der Waals surface area contributed by atoms with E-state index in [0.29, 0.717) is 22.2 Å². The van der Waals surface area contributed by atoms with E-state index in [1.807, 2.05) is 54.2 Å². The Morgan fingerprint density at radius 1 is 1.07 bits per heavy atom. The fourth-order valence-corrected chi connectivity index (χ4v) is 3.83. The van der Waals surface area contributed by atoms with Crippen LogP contribution in [0.5, 0.6) is 0 Å². The molecule has 1 saturated heterocycles. The van der Waals surface area contributed by atoms with Gasteiger partial charge in [-0.25, -0.2) is 0 Å². The van der Waals surface area contributed by atoms with Crippen molar-refractivity contribution < 1.29 is 4.79 Å². The number of anilines is 2. The number of amides is 1. The lowest BCUT2D eigenvalue weighted by Crippen LogP contribution is -2.47. The fourth-order valence-electron chi connectivity index (χ4n) is 3.28. The average Bonchev–Trinajstić information content (AvgIpc) is 2.67. The summed E-state index contributed by atoms with van der Waals surface area (Å²) in [5.74, 6) is 0.0929. The Kier molecular flexibility index (Phi) is 6.70. The average molecular weight is 421 g/mol. The third-order valence-corrected chi connectivity index (χ3v) is 5.57. The monoisotopic (exact) mass is 420 g/mol. The number of carbonyl (C=O) groups is 1. The summed E-state index contributed by atoms with van der Waals surface area (Å²) in [7, 11) is 6.01. The van der Waals surface area contributed by atoms with Gasteiger partial charge in [0.15, 0.2) is 0 Å². The standard InChI is InChI=1S/C21H26Cl2N4O/c1-25(2)20-13-16(22)12-19(23)18(20)14-24-17-6-4-15(5-7-17)21(28)27-10-8-26(3)9-11-27/h4-7,12-13,24H,8-11,14H2,1-3H3. The maximum absolute atomic E-state index is 12.6. The first-order valence-corrected chi connectivity index (χ1v) is 10.1. The third-order valence-electron chi connectivity index (χ3n) is 5.01. The van der Waals surface area contributed by atoms with E-state index in [9.17, 15) is 4.79 Å². The Morgan fingerprint density at radius 2 is 1.71 bits per heavy atom. The summed E-state index contributed by atoms with van der Waals surface area (Å²) >= 11 is 12.5. The molecule has 0 aromatic heterocycles. The molecule has 7 heteroatoms. The van der Waals surface area contributed by atoms with E-state index in [-0.39, 0.29) is 5.91 Å². The molecule has 0 atom stereocenters.